The number of nitrogens with one attached hydrogen (secondary N) is 2. The second kappa shape index (κ2) is 10.7. The van der Waals surface area contributed by atoms with Crippen LogP contribution >= 0.6 is 0 Å². The highest BCUT2D eigenvalue weighted by Crippen LogP contribution is 2.33. The quantitative estimate of drug-likeness (QED) is 0.643. The molecule has 2 aromatic rings. The Hall–Kier alpha value is -3.26. The second-order valence-electron chi connectivity index (χ2n) is 7.57. The maximum absolute atomic E-state index is 12.5. The molecular formula is C23H30N4O4. The number of methoxy groups -OCH3 is 2. The van der Waals surface area contributed by atoms with Gasteiger partial charge >= 0.3 is 6.03 Å². The minimum absolute atomic E-state index is 0.0416. The Bertz CT molecular complexity index is 890. The van der Waals surface area contributed by atoms with Gasteiger partial charge in [0.2, 0.25) is 5.91 Å². The van der Waals surface area contributed by atoms with Gasteiger partial charge in [0.05, 0.1) is 20.3 Å². The van der Waals surface area contributed by atoms with Crippen LogP contribution < -0.4 is 25.0 Å². The van der Waals surface area contributed by atoms with Gasteiger partial charge in [-0.15, -0.1) is 0 Å². The lowest BCUT2D eigenvalue weighted by Crippen LogP contribution is -2.45. The van der Waals surface area contributed by atoms with Crippen molar-refractivity contribution in [2.75, 3.05) is 45.8 Å². The molecular weight excluding hydrogens is 396 g/mol. The summed E-state index contributed by atoms with van der Waals surface area (Å²) in [4.78, 5) is 28.5. The largest absolute Gasteiger partial charge is 0.493 e. The van der Waals surface area contributed by atoms with Crippen molar-refractivity contribution in [3.63, 3.8) is 0 Å². The van der Waals surface area contributed by atoms with E-state index in [-0.39, 0.29) is 24.4 Å². The standard InChI is InChI=1S/C23H30N4O4/c1-26(15-17-7-5-4-6-8-17)12-11-24-23(29)25-18-13-22(28)27(16-18)19-9-10-20(30-2)21(14-19)31-3/h4-10,14,18H,11-13,15-16H2,1-3H3,(H2,24,25,29)/t18-/m0/s1. The second-order valence-corrected chi connectivity index (χ2v) is 7.57. The summed E-state index contributed by atoms with van der Waals surface area (Å²) in [6.07, 6.45) is 0.260. The van der Waals surface area contributed by atoms with E-state index >= 15 is 0 Å². The lowest BCUT2D eigenvalue weighted by molar-refractivity contribution is -0.117. The fraction of sp³-hybridized carbons (Fsp3) is 0.391. The smallest absolute Gasteiger partial charge is 0.315 e. The molecule has 3 rings (SSSR count). The van der Waals surface area contributed by atoms with Crippen molar-refractivity contribution in [2.24, 2.45) is 0 Å². The van der Waals surface area contributed by atoms with Gasteiger partial charge in [-0.05, 0) is 24.7 Å². The summed E-state index contributed by atoms with van der Waals surface area (Å²) in [6, 6.07) is 15.0. The third-order valence-corrected chi connectivity index (χ3v) is 5.21. The molecule has 0 unspecified atom stereocenters. The number of nitrogens with zero attached hydrogens (tertiary/aromatic N) is 2. The Labute approximate surface area is 183 Å². The van der Waals surface area contributed by atoms with Crippen LogP contribution in [-0.2, 0) is 11.3 Å². The van der Waals surface area contributed by atoms with Gasteiger partial charge in [0.1, 0.15) is 0 Å². The van der Waals surface area contributed by atoms with E-state index in [4.69, 9.17) is 9.47 Å². The lowest BCUT2D eigenvalue weighted by Gasteiger charge is -2.20. The molecule has 0 radical (unpaired) electrons. The summed E-state index contributed by atoms with van der Waals surface area (Å²) in [5, 5.41) is 5.77. The first-order chi connectivity index (χ1) is 15.0. The SMILES string of the molecule is COc1ccc(N2C[C@@H](NC(=O)NCCN(C)Cc3ccccc3)CC2=O)cc1OC. The first kappa shape index (κ1) is 22.4. The first-order valence-corrected chi connectivity index (χ1v) is 10.3. The van der Waals surface area contributed by atoms with Crippen LogP contribution in [-0.4, -0.2) is 63.8 Å². The number of carbonyl (C=O) groups is 2. The van der Waals surface area contributed by atoms with E-state index in [9.17, 15) is 9.59 Å². The Morgan fingerprint density at radius 2 is 1.87 bits per heavy atom. The zero-order valence-electron chi connectivity index (χ0n) is 18.3. The van der Waals surface area contributed by atoms with Crippen molar-refractivity contribution >= 4 is 17.6 Å². The van der Waals surface area contributed by atoms with Crippen molar-refractivity contribution in [3.05, 3.63) is 54.1 Å². The van der Waals surface area contributed by atoms with Crippen LogP contribution in [0.25, 0.3) is 0 Å². The van der Waals surface area contributed by atoms with Crippen LogP contribution in [0.15, 0.2) is 48.5 Å². The zero-order chi connectivity index (χ0) is 22.2. The van der Waals surface area contributed by atoms with Gasteiger partial charge in [0, 0.05) is 44.4 Å². The predicted octanol–water partition coefficient (Wildman–Crippen LogP) is 2.24. The van der Waals surface area contributed by atoms with Crippen LogP contribution in [0.3, 0.4) is 0 Å². The van der Waals surface area contributed by atoms with Gasteiger partial charge in [0.25, 0.3) is 0 Å². The molecule has 0 saturated carbocycles. The van der Waals surface area contributed by atoms with Crippen LogP contribution in [0, 0.1) is 0 Å². The molecule has 166 valence electrons. The number of likely N-dealkylation sites (N-methyl/N-ethyl adjacent to an activating group) is 1. The van der Waals surface area contributed by atoms with Crippen LogP contribution in [0.5, 0.6) is 11.5 Å². The molecule has 2 aromatic carbocycles. The van der Waals surface area contributed by atoms with Crippen molar-refractivity contribution in [3.8, 4) is 11.5 Å². The molecule has 1 aliphatic heterocycles. The molecule has 31 heavy (non-hydrogen) atoms. The fourth-order valence-electron chi connectivity index (χ4n) is 3.62. The van der Waals surface area contributed by atoms with E-state index < -0.39 is 0 Å². The molecule has 2 N–H and O–H groups in total. The number of benzene rings is 2. The minimum Gasteiger partial charge on any atom is -0.493 e. The fourth-order valence-corrected chi connectivity index (χ4v) is 3.62. The Morgan fingerprint density at radius 1 is 1.13 bits per heavy atom. The van der Waals surface area contributed by atoms with Gasteiger partial charge in [-0.3, -0.25) is 4.79 Å². The third kappa shape index (κ3) is 6.11. The Kier molecular flexibility index (Phi) is 7.72. The molecule has 1 atom stereocenters. The predicted molar refractivity (Wildman–Crippen MR) is 120 cm³/mol. The summed E-state index contributed by atoms with van der Waals surface area (Å²) < 4.78 is 10.6. The van der Waals surface area contributed by atoms with Gasteiger partial charge in [-0.2, -0.15) is 0 Å². The molecule has 0 spiro atoms. The van der Waals surface area contributed by atoms with Crippen molar-refractivity contribution in [1.82, 2.24) is 15.5 Å². The lowest BCUT2D eigenvalue weighted by atomic mass is 10.2. The van der Waals surface area contributed by atoms with E-state index in [1.807, 2.05) is 31.3 Å². The molecule has 0 aliphatic carbocycles. The average Bonchev–Trinajstić information content (AvgIpc) is 3.13. The normalized spacial score (nSPS) is 15.8. The summed E-state index contributed by atoms with van der Waals surface area (Å²) in [5.41, 5.74) is 1.95. The highest BCUT2D eigenvalue weighted by molar-refractivity contribution is 5.97. The summed E-state index contributed by atoms with van der Waals surface area (Å²) in [5.74, 6) is 1.12. The van der Waals surface area contributed by atoms with Crippen LogP contribution in [0.2, 0.25) is 0 Å². The first-order valence-electron chi connectivity index (χ1n) is 10.3. The third-order valence-electron chi connectivity index (χ3n) is 5.21. The number of carbonyl (C=O) groups excluding carboxylic acids is 2. The number of anilines is 1. The number of ether oxygens (including phenoxy) is 2. The molecule has 1 fully saturated rings. The number of urea groups is 1. The van der Waals surface area contributed by atoms with Crippen LogP contribution in [0.1, 0.15) is 12.0 Å². The Balaban J connectivity index is 1.44. The van der Waals surface area contributed by atoms with E-state index in [0.717, 1.165) is 18.8 Å². The molecule has 1 aliphatic rings. The van der Waals surface area contributed by atoms with Gasteiger partial charge in [0.15, 0.2) is 11.5 Å². The molecule has 0 aromatic heterocycles. The van der Waals surface area contributed by atoms with E-state index in [2.05, 4.69) is 27.7 Å². The monoisotopic (exact) mass is 426 g/mol. The van der Waals surface area contributed by atoms with Gasteiger partial charge in [-0.25, -0.2) is 4.79 Å². The molecule has 8 heteroatoms. The highest BCUT2D eigenvalue weighted by atomic mass is 16.5. The molecule has 3 amide bonds. The number of hydrogen-bond donors (Lipinski definition) is 2. The van der Waals surface area contributed by atoms with E-state index in [0.29, 0.717) is 24.6 Å². The summed E-state index contributed by atoms with van der Waals surface area (Å²) >= 11 is 0. The number of rotatable bonds is 9. The molecule has 8 nitrogen and oxygen atoms in total. The van der Waals surface area contributed by atoms with Gasteiger partial charge < -0.3 is 29.9 Å². The maximum Gasteiger partial charge on any atom is 0.315 e. The average molecular weight is 427 g/mol. The van der Waals surface area contributed by atoms with Crippen molar-refractivity contribution < 1.29 is 19.1 Å². The highest BCUT2D eigenvalue weighted by Gasteiger charge is 2.32. The number of hydrogen-bond acceptors (Lipinski definition) is 5. The minimum atomic E-state index is -0.264. The van der Waals surface area contributed by atoms with Crippen LogP contribution in [0.4, 0.5) is 10.5 Å². The van der Waals surface area contributed by atoms with E-state index in [1.54, 1.807) is 31.3 Å². The zero-order valence-corrected chi connectivity index (χ0v) is 18.3. The molecule has 1 heterocycles. The summed E-state index contributed by atoms with van der Waals surface area (Å²) in [7, 11) is 5.14. The maximum atomic E-state index is 12.5. The molecule has 0 bridgehead atoms. The van der Waals surface area contributed by atoms with Crippen molar-refractivity contribution in [2.45, 2.75) is 19.0 Å². The topological polar surface area (TPSA) is 83.1 Å². The molecule has 1 saturated heterocycles. The Morgan fingerprint density at radius 3 is 2.58 bits per heavy atom. The summed E-state index contributed by atoms with van der Waals surface area (Å²) in [6.45, 7) is 2.48. The van der Waals surface area contributed by atoms with E-state index in [1.165, 1.54) is 5.56 Å². The van der Waals surface area contributed by atoms with Gasteiger partial charge in [-0.1, -0.05) is 30.3 Å². The van der Waals surface area contributed by atoms with Crippen molar-refractivity contribution in [1.29, 1.82) is 0 Å². The number of amides is 3.